The fourth-order valence-electron chi connectivity index (χ4n) is 3.92. The van der Waals surface area contributed by atoms with Gasteiger partial charge in [-0.1, -0.05) is 83.3 Å². The van der Waals surface area contributed by atoms with E-state index in [1.807, 2.05) is 0 Å². The maximum atomic E-state index is 11.8. The number of rotatable bonds is 21. The molecule has 1 aliphatic rings. The summed E-state index contributed by atoms with van der Waals surface area (Å²) in [4.78, 5) is 33.8. The molecule has 0 aromatic rings. The summed E-state index contributed by atoms with van der Waals surface area (Å²) in [5.41, 5.74) is 0. The molecule has 6 nitrogen and oxygen atoms in total. The van der Waals surface area contributed by atoms with Crippen LogP contribution in [0.1, 0.15) is 122 Å². The number of carbonyl (C=O) groups is 3. The van der Waals surface area contributed by atoms with Crippen LogP contribution in [-0.2, 0) is 28.6 Å². The van der Waals surface area contributed by atoms with Crippen molar-refractivity contribution in [3.8, 4) is 0 Å². The summed E-state index contributed by atoms with van der Waals surface area (Å²) < 4.78 is 15.1. The van der Waals surface area contributed by atoms with Crippen LogP contribution in [0.25, 0.3) is 0 Å². The van der Waals surface area contributed by atoms with Crippen molar-refractivity contribution in [1.82, 2.24) is 0 Å². The Hall–Kier alpha value is -1.85. The van der Waals surface area contributed by atoms with E-state index in [4.69, 9.17) is 14.2 Å². The van der Waals surface area contributed by atoms with Gasteiger partial charge in [0, 0.05) is 6.42 Å². The maximum Gasteiger partial charge on any atom is 0.417 e. The van der Waals surface area contributed by atoms with Gasteiger partial charge in [-0.25, -0.2) is 9.59 Å². The van der Waals surface area contributed by atoms with Gasteiger partial charge < -0.3 is 14.2 Å². The molecule has 0 N–H and O–H groups in total. The monoisotopic (exact) mass is 466 g/mol. The van der Waals surface area contributed by atoms with E-state index in [9.17, 15) is 14.4 Å². The number of ether oxygens (including phenoxy) is 3. The fraction of sp³-hybridized carbons (Fsp3) is 0.815. The second-order valence-corrected chi connectivity index (χ2v) is 9.00. The SMILES string of the molecule is CCC=CCCCCCCCOC(=O)CCCCCCCCCCCC1COC(=O)C(=O)O1. The summed E-state index contributed by atoms with van der Waals surface area (Å²) in [5.74, 6) is -1.79. The van der Waals surface area contributed by atoms with Gasteiger partial charge in [-0.2, -0.15) is 0 Å². The van der Waals surface area contributed by atoms with E-state index in [1.165, 1.54) is 57.8 Å². The molecule has 1 rings (SSSR count). The van der Waals surface area contributed by atoms with Gasteiger partial charge in [0.1, 0.15) is 12.7 Å². The first kappa shape index (κ1) is 29.2. The predicted molar refractivity (Wildman–Crippen MR) is 130 cm³/mol. The van der Waals surface area contributed by atoms with E-state index >= 15 is 0 Å². The minimum absolute atomic E-state index is 0.0434. The quantitative estimate of drug-likeness (QED) is 0.0624. The van der Waals surface area contributed by atoms with E-state index in [1.54, 1.807) is 0 Å². The molecule has 1 fully saturated rings. The van der Waals surface area contributed by atoms with Crippen LogP contribution in [0.5, 0.6) is 0 Å². The molecule has 1 aliphatic heterocycles. The van der Waals surface area contributed by atoms with Gasteiger partial charge in [-0.3, -0.25) is 4.79 Å². The standard InChI is InChI=1S/C27H46O6/c1-2-3-4-5-6-10-13-16-19-22-31-25(28)21-18-15-12-9-7-8-11-14-17-20-24-23-32-26(29)27(30)33-24/h3-4,24H,2,5-23H2,1H3. The Labute approximate surface area is 200 Å². The number of esters is 3. The highest BCUT2D eigenvalue weighted by atomic mass is 16.6. The Kier molecular flexibility index (Phi) is 18.3. The number of hydrogen-bond donors (Lipinski definition) is 0. The molecular formula is C27H46O6. The summed E-state index contributed by atoms with van der Waals surface area (Å²) in [7, 11) is 0. The third-order valence-corrected chi connectivity index (χ3v) is 5.93. The lowest BCUT2D eigenvalue weighted by molar-refractivity contribution is -0.185. The summed E-state index contributed by atoms with van der Waals surface area (Å²) in [5, 5.41) is 0. The van der Waals surface area contributed by atoms with E-state index in [0.29, 0.717) is 13.0 Å². The highest BCUT2D eigenvalue weighted by Crippen LogP contribution is 2.15. The van der Waals surface area contributed by atoms with Gasteiger partial charge in [-0.15, -0.1) is 0 Å². The molecule has 1 atom stereocenters. The smallest absolute Gasteiger partial charge is 0.417 e. The van der Waals surface area contributed by atoms with Crippen molar-refractivity contribution in [2.45, 2.75) is 129 Å². The first-order valence-corrected chi connectivity index (χ1v) is 13.3. The lowest BCUT2D eigenvalue weighted by Gasteiger charge is -2.21. The molecule has 0 saturated carbocycles. The van der Waals surface area contributed by atoms with Crippen LogP contribution in [0.15, 0.2) is 12.2 Å². The van der Waals surface area contributed by atoms with E-state index in [-0.39, 0.29) is 18.7 Å². The molecule has 33 heavy (non-hydrogen) atoms. The van der Waals surface area contributed by atoms with Crippen molar-refractivity contribution in [3.63, 3.8) is 0 Å². The molecule has 0 aromatic heterocycles. The Morgan fingerprint density at radius 2 is 1.42 bits per heavy atom. The largest absolute Gasteiger partial charge is 0.466 e. The van der Waals surface area contributed by atoms with Gasteiger partial charge in [0.05, 0.1) is 6.61 Å². The van der Waals surface area contributed by atoms with Crippen molar-refractivity contribution in [2.75, 3.05) is 13.2 Å². The topological polar surface area (TPSA) is 78.9 Å². The predicted octanol–water partition coefficient (Wildman–Crippen LogP) is 6.60. The van der Waals surface area contributed by atoms with Gasteiger partial charge in [-0.05, 0) is 44.9 Å². The molecule has 0 amide bonds. The zero-order valence-corrected chi connectivity index (χ0v) is 20.8. The molecule has 0 bridgehead atoms. The molecule has 0 spiro atoms. The van der Waals surface area contributed by atoms with Crippen LogP contribution in [0.2, 0.25) is 0 Å². The molecule has 0 aromatic carbocycles. The summed E-state index contributed by atoms with van der Waals surface area (Å²) >= 11 is 0. The van der Waals surface area contributed by atoms with Gasteiger partial charge in [0.2, 0.25) is 0 Å². The molecule has 6 heteroatoms. The first-order chi connectivity index (χ1) is 16.1. The highest BCUT2D eigenvalue weighted by Gasteiger charge is 2.29. The Morgan fingerprint density at radius 3 is 2.09 bits per heavy atom. The van der Waals surface area contributed by atoms with E-state index in [0.717, 1.165) is 51.4 Å². The first-order valence-electron chi connectivity index (χ1n) is 13.3. The van der Waals surface area contributed by atoms with Crippen molar-refractivity contribution in [3.05, 3.63) is 12.2 Å². The van der Waals surface area contributed by atoms with Gasteiger partial charge >= 0.3 is 17.9 Å². The molecule has 0 aliphatic carbocycles. The number of cyclic esters (lactones) is 2. The van der Waals surface area contributed by atoms with Gasteiger partial charge in [0.25, 0.3) is 0 Å². The van der Waals surface area contributed by atoms with Crippen LogP contribution in [0.4, 0.5) is 0 Å². The van der Waals surface area contributed by atoms with E-state index < -0.39 is 11.9 Å². The molecular weight excluding hydrogens is 420 g/mol. The van der Waals surface area contributed by atoms with Crippen molar-refractivity contribution in [2.24, 2.45) is 0 Å². The highest BCUT2D eigenvalue weighted by molar-refractivity contribution is 6.30. The zero-order valence-electron chi connectivity index (χ0n) is 20.8. The van der Waals surface area contributed by atoms with Crippen LogP contribution in [-0.4, -0.2) is 37.2 Å². The van der Waals surface area contributed by atoms with Gasteiger partial charge in [0.15, 0.2) is 0 Å². The number of hydrogen-bond acceptors (Lipinski definition) is 6. The Balaban J connectivity index is 1.76. The number of unbranched alkanes of at least 4 members (excludes halogenated alkanes) is 13. The number of carbonyl (C=O) groups excluding carboxylic acids is 3. The maximum absolute atomic E-state index is 11.8. The Bertz CT molecular complexity index is 557. The van der Waals surface area contributed by atoms with E-state index in [2.05, 4.69) is 19.1 Å². The lowest BCUT2D eigenvalue weighted by atomic mass is 10.0. The fourth-order valence-corrected chi connectivity index (χ4v) is 3.92. The Morgan fingerprint density at radius 1 is 0.818 bits per heavy atom. The van der Waals surface area contributed by atoms with Crippen molar-refractivity contribution < 1.29 is 28.6 Å². The number of allylic oxidation sites excluding steroid dienone is 2. The summed E-state index contributed by atoms with van der Waals surface area (Å²) in [6, 6.07) is 0. The van der Waals surface area contributed by atoms with Crippen LogP contribution < -0.4 is 0 Å². The van der Waals surface area contributed by atoms with Crippen LogP contribution in [0, 0.1) is 0 Å². The lowest BCUT2D eigenvalue weighted by Crippen LogP contribution is -2.36. The minimum atomic E-state index is -0.879. The molecule has 1 saturated heterocycles. The summed E-state index contributed by atoms with van der Waals surface area (Å²) in [6.45, 7) is 2.92. The van der Waals surface area contributed by atoms with Crippen LogP contribution >= 0.6 is 0 Å². The minimum Gasteiger partial charge on any atom is -0.466 e. The normalized spacial score (nSPS) is 16.1. The molecule has 1 unspecified atom stereocenters. The van der Waals surface area contributed by atoms with Crippen LogP contribution in [0.3, 0.4) is 0 Å². The molecule has 1 heterocycles. The average molecular weight is 467 g/mol. The van der Waals surface area contributed by atoms with Crippen molar-refractivity contribution >= 4 is 17.9 Å². The second-order valence-electron chi connectivity index (χ2n) is 9.00. The third kappa shape index (κ3) is 17.3. The zero-order chi connectivity index (χ0) is 24.0. The average Bonchev–Trinajstić information content (AvgIpc) is 2.81. The summed E-state index contributed by atoms with van der Waals surface area (Å²) in [6.07, 6.45) is 23.8. The molecule has 190 valence electrons. The second kappa shape index (κ2) is 20.7. The molecule has 0 radical (unpaired) electrons. The van der Waals surface area contributed by atoms with Crippen molar-refractivity contribution in [1.29, 1.82) is 0 Å². The third-order valence-electron chi connectivity index (χ3n) is 5.93.